The SMILES string of the molecule is CCC1SCCSC1c1noc(C2(CC)CCNC2)n1. The summed E-state index contributed by atoms with van der Waals surface area (Å²) in [6, 6.07) is 0. The quantitative estimate of drug-likeness (QED) is 0.922. The maximum Gasteiger partial charge on any atom is 0.234 e. The fraction of sp³-hybridized carbons (Fsp3) is 0.857. The molecule has 1 aromatic heterocycles. The Bertz CT molecular complexity index is 445. The van der Waals surface area contributed by atoms with Crippen molar-refractivity contribution >= 4 is 23.5 Å². The molecule has 3 heterocycles. The molecule has 0 amide bonds. The van der Waals surface area contributed by atoms with Crippen LogP contribution in [0.5, 0.6) is 0 Å². The van der Waals surface area contributed by atoms with E-state index in [9.17, 15) is 0 Å². The minimum Gasteiger partial charge on any atom is -0.339 e. The predicted octanol–water partition coefficient (Wildman–Crippen LogP) is 3.01. The average molecular weight is 313 g/mol. The van der Waals surface area contributed by atoms with Crippen LogP contribution in [0.4, 0.5) is 0 Å². The second-order valence-electron chi connectivity index (χ2n) is 5.63. The van der Waals surface area contributed by atoms with Gasteiger partial charge in [0.1, 0.15) is 0 Å². The van der Waals surface area contributed by atoms with Gasteiger partial charge in [0.15, 0.2) is 5.82 Å². The van der Waals surface area contributed by atoms with Crippen LogP contribution in [0.1, 0.15) is 50.1 Å². The van der Waals surface area contributed by atoms with Crippen LogP contribution < -0.4 is 5.32 Å². The molecular weight excluding hydrogens is 290 g/mol. The van der Waals surface area contributed by atoms with Gasteiger partial charge < -0.3 is 9.84 Å². The summed E-state index contributed by atoms with van der Waals surface area (Å²) in [4.78, 5) is 4.81. The topological polar surface area (TPSA) is 51.0 Å². The van der Waals surface area contributed by atoms with Crippen molar-refractivity contribution in [2.45, 2.75) is 49.0 Å². The Morgan fingerprint density at radius 3 is 2.90 bits per heavy atom. The van der Waals surface area contributed by atoms with Gasteiger partial charge in [0.2, 0.25) is 5.89 Å². The molecule has 0 saturated carbocycles. The average Bonchev–Trinajstić information content (AvgIpc) is 3.16. The second kappa shape index (κ2) is 6.28. The summed E-state index contributed by atoms with van der Waals surface area (Å²) in [6.07, 6.45) is 3.34. The standard InChI is InChI=1S/C14H23N3OS2/c1-3-10-11(20-8-7-19-10)12-16-13(18-17-12)14(4-2)5-6-15-9-14/h10-11,15H,3-9H2,1-2H3. The molecule has 0 spiro atoms. The van der Waals surface area contributed by atoms with Gasteiger partial charge in [-0.1, -0.05) is 19.0 Å². The molecule has 4 nitrogen and oxygen atoms in total. The van der Waals surface area contributed by atoms with Gasteiger partial charge in [-0.25, -0.2) is 0 Å². The molecule has 1 aromatic rings. The van der Waals surface area contributed by atoms with Crippen LogP contribution in [0.25, 0.3) is 0 Å². The number of thioether (sulfide) groups is 2. The first-order chi connectivity index (χ1) is 9.79. The third kappa shape index (κ3) is 2.62. The van der Waals surface area contributed by atoms with Crippen molar-refractivity contribution in [3.05, 3.63) is 11.7 Å². The highest BCUT2D eigenvalue weighted by atomic mass is 32.2. The Kier molecular flexibility index (Phi) is 4.62. The summed E-state index contributed by atoms with van der Waals surface area (Å²) >= 11 is 4.05. The molecule has 0 bridgehead atoms. The summed E-state index contributed by atoms with van der Waals surface area (Å²) in [5, 5.41) is 8.79. The van der Waals surface area contributed by atoms with Crippen LogP contribution in [0, 0.1) is 0 Å². The minimum atomic E-state index is 0.0689. The summed E-state index contributed by atoms with van der Waals surface area (Å²) in [5.41, 5.74) is 0.0689. The molecule has 2 fully saturated rings. The van der Waals surface area contributed by atoms with Gasteiger partial charge in [0, 0.05) is 23.3 Å². The molecule has 3 unspecified atom stereocenters. The summed E-state index contributed by atoms with van der Waals surface area (Å²) in [7, 11) is 0. The van der Waals surface area contributed by atoms with Gasteiger partial charge in [-0.2, -0.15) is 16.7 Å². The molecule has 2 aliphatic heterocycles. The second-order valence-corrected chi connectivity index (χ2v) is 8.22. The number of aromatic nitrogens is 2. The molecule has 6 heteroatoms. The monoisotopic (exact) mass is 313 g/mol. The first-order valence-corrected chi connectivity index (χ1v) is 9.67. The van der Waals surface area contributed by atoms with E-state index in [2.05, 4.69) is 36.1 Å². The fourth-order valence-corrected chi connectivity index (χ4v) is 6.07. The van der Waals surface area contributed by atoms with Gasteiger partial charge in [0.05, 0.1) is 10.7 Å². The lowest BCUT2D eigenvalue weighted by atomic mass is 9.84. The predicted molar refractivity (Wildman–Crippen MR) is 85.5 cm³/mol. The molecule has 3 rings (SSSR count). The van der Waals surface area contributed by atoms with E-state index in [-0.39, 0.29) is 5.41 Å². The summed E-state index contributed by atoms with van der Waals surface area (Å²) < 4.78 is 5.67. The van der Waals surface area contributed by atoms with E-state index in [1.165, 1.54) is 17.9 Å². The van der Waals surface area contributed by atoms with Crippen molar-refractivity contribution < 1.29 is 4.52 Å². The van der Waals surface area contributed by atoms with Crippen molar-refractivity contribution in [2.75, 3.05) is 24.6 Å². The number of rotatable bonds is 4. The van der Waals surface area contributed by atoms with Crippen molar-refractivity contribution in [3.63, 3.8) is 0 Å². The maximum atomic E-state index is 5.67. The van der Waals surface area contributed by atoms with Gasteiger partial charge in [-0.3, -0.25) is 0 Å². The van der Waals surface area contributed by atoms with Gasteiger partial charge in [-0.15, -0.1) is 11.8 Å². The highest BCUT2D eigenvalue weighted by Gasteiger charge is 2.40. The van der Waals surface area contributed by atoms with Gasteiger partial charge in [0.25, 0.3) is 0 Å². The third-order valence-corrected chi connectivity index (χ3v) is 7.77. The first kappa shape index (κ1) is 14.7. The largest absolute Gasteiger partial charge is 0.339 e. The Morgan fingerprint density at radius 1 is 1.35 bits per heavy atom. The van der Waals surface area contributed by atoms with Crippen LogP contribution in [-0.4, -0.2) is 40.0 Å². The van der Waals surface area contributed by atoms with Crippen LogP contribution in [0.15, 0.2) is 4.52 Å². The minimum absolute atomic E-state index is 0.0689. The van der Waals surface area contributed by atoms with Crippen LogP contribution >= 0.6 is 23.5 Å². The van der Waals surface area contributed by atoms with Crippen LogP contribution in [0.3, 0.4) is 0 Å². The van der Waals surface area contributed by atoms with Gasteiger partial charge >= 0.3 is 0 Å². The van der Waals surface area contributed by atoms with E-state index in [0.717, 1.165) is 37.6 Å². The highest BCUT2D eigenvalue weighted by Crippen LogP contribution is 2.43. The molecule has 0 aromatic carbocycles. The molecule has 2 aliphatic rings. The molecule has 2 saturated heterocycles. The maximum absolute atomic E-state index is 5.67. The molecule has 1 N–H and O–H groups in total. The lowest BCUT2D eigenvalue weighted by Crippen LogP contribution is -2.28. The normalized spacial score (nSPS) is 34.5. The van der Waals surface area contributed by atoms with Crippen LogP contribution in [0.2, 0.25) is 0 Å². The molecule has 0 radical (unpaired) electrons. The molecule has 112 valence electrons. The fourth-order valence-electron chi connectivity index (χ4n) is 3.09. The lowest BCUT2D eigenvalue weighted by Gasteiger charge is -2.27. The zero-order chi connectivity index (χ0) is 14.0. The third-order valence-electron chi connectivity index (χ3n) is 4.52. The van der Waals surface area contributed by atoms with E-state index in [1.807, 2.05) is 11.8 Å². The zero-order valence-electron chi connectivity index (χ0n) is 12.2. The summed E-state index contributed by atoms with van der Waals surface area (Å²) in [5.74, 6) is 4.21. The highest BCUT2D eigenvalue weighted by molar-refractivity contribution is 8.06. The summed E-state index contributed by atoms with van der Waals surface area (Å²) in [6.45, 7) is 6.50. The Balaban J connectivity index is 1.82. The molecule has 20 heavy (non-hydrogen) atoms. The number of hydrogen-bond acceptors (Lipinski definition) is 6. The zero-order valence-corrected chi connectivity index (χ0v) is 13.9. The van der Waals surface area contributed by atoms with E-state index in [1.54, 1.807) is 0 Å². The smallest absolute Gasteiger partial charge is 0.234 e. The molecular formula is C14H23N3OS2. The Hall–Kier alpha value is -0.200. The number of nitrogens with one attached hydrogen (secondary N) is 1. The molecule has 3 atom stereocenters. The Labute approximate surface area is 129 Å². The van der Waals surface area contributed by atoms with Crippen molar-refractivity contribution in [1.82, 2.24) is 15.5 Å². The van der Waals surface area contributed by atoms with Crippen molar-refractivity contribution in [1.29, 1.82) is 0 Å². The van der Waals surface area contributed by atoms with E-state index >= 15 is 0 Å². The molecule has 0 aliphatic carbocycles. The van der Waals surface area contributed by atoms with E-state index < -0.39 is 0 Å². The first-order valence-electron chi connectivity index (χ1n) is 7.57. The van der Waals surface area contributed by atoms with Crippen LogP contribution in [-0.2, 0) is 5.41 Å². The van der Waals surface area contributed by atoms with Gasteiger partial charge in [-0.05, 0) is 25.8 Å². The van der Waals surface area contributed by atoms with E-state index in [0.29, 0.717) is 10.5 Å². The number of hydrogen-bond donors (Lipinski definition) is 1. The number of nitrogens with zero attached hydrogens (tertiary/aromatic N) is 2. The Morgan fingerprint density at radius 2 is 2.20 bits per heavy atom. The van der Waals surface area contributed by atoms with E-state index in [4.69, 9.17) is 9.51 Å². The van der Waals surface area contributed by atoms with Crippen molar-refractivity contribution in [2.24, 2.45) is 0 Å². The van der Waals surface area contributed by atoms with Crippen molar-refractivity contribution in [3.8, 4) is 0 Å². The lowest BCUT2D eigenvalue weighted by molar-refractivity contribution is 0.283.